The number of carbonyl (C=O) groups excluding carboxylic acids is 3. The van der Waals surface area contributed by atoms with E-state index in [9.17, 15) is 14.4 Å². The summed E-state index contributed by atoms with van der Waals surface area (Å²) in [5.74, 6) is -0.580. The molecule has 2 aromatic carbocycles. The summed E-state index contributed by atoms with van der Waals surface area (Å²) in [6, 6.07) is 12.7. The van der Waals surface area contributed by atoms with Gasteiger partial charge in [0.05, 0.1) is 15.9 Å². The van der Waals surface area contributed by atoms with Crippen molar-refractivity contribution >= 4 is 61.9 Å². The third-order valence-corrected chi connectivity index (χ3v) is 7.07. The van der Waals surface area contributed by atoms with E-state index in [4.69, 9.17) is 4.98 Å². The Kier molecular flexibility index (Phi) is 6.59. The first-order valence-corrected chi connectivity index (χ1v) is 12.3. The molecule has 0 bridgehead atoms. The number of rotatable bonds is 7. The third-order valence-electron chi connectivity index (χ3n) is 5.26. The number of para-hydroxylation sites is 1. The Balaban J connectivity index is 1.65. The predicted molar refractivity (Wildman–Crippen MR) is 130 cm³/mol. The van der Waals surface area contributed by atoms with Gasteiger partial charge in [-0.1, -0.05) is 17.4 Å². The van der Waals surface area contributed by atoms with Crippen LogP contribution < -0.4 is 9.80 Å². The Morgan fingerprint density at radius 2 is 1.75 bits per heavy atom. The normalized spacial score (nSPS) is 14.1. The van der Waals surface area contributed by atoms with Crippen molar-refractivity contribution in [3.63, 3.8) is 0 Å². The number of hydrogen-bond acceptors (Lipinski definition) is 7. The molecule has 32 heavy (non-hydrogen) atoms. The van der Waals surface area contributed by atoms with E-state index >= 15 is 0 Å². The van der Waals surface area contributed by atoms with Gasteiger partial charge < -0.3 is 4.90 Å². The van der Waals surface area contributed by atoms with Crippen LogP contribution in [0.3, 0.4) is 0 Å². The molecule has 0 N–H and O–H groups in total. The van der Waals surface area contributed by atoms with Gasteiger partial charge in [-0.25, -0.2) is 4.98 Å². The van der Waals surface area contributed by atoms with Gasteiger partial charge in [-0.15, -0.1) is 11.8 Å². The zero-order chi connectivity index (χ0) is 22.8. The molecule has 0 saturated carbocycles. The second-order valence-corrected chi connectivity index (χ2v) is 9.59. The maximum Gasteiger partial charge on any atom is 0.260 e. The van der Waals surface area contributed by atoms with Gasteiger partial charge in [0, 0.05) is 36.4 Å². The van der Waals surface area contributed by atoms with Gasteiger partial charge in [0.2, 0.25) is 11.8 Å². The van der Waals surface area contributed by atoms with Crippen LogP contribution in [0, 0.1) is 0 Å². The highest BCUT2D eigenvalue weighted by Gasteiger charge is 2.30. The van der Waals surface area contributed by atoms with Gasteiger partial charge >= 0.3 is 0 Å². The number of nitrogens with zero attached hydrogens (tertiary/aromatic N) is 4. The average Bonchev–Trinajstić information content (AvgIpc) is 3.36. The van der Waals surface area contributed by atoms with Crippen LogP contribution in [-0.4, -0.2) is 61.0 Å². The molecule has 1 aliphatic heterocycles. The second-order valence-electron chi connectivity index (χ2n) is 7.73. The molecule has 1 aliphatic rings. The number of thiazole rings is 1. The average molecular weight is 469 g/mol. The largest absolute Gasteiger partial charge is 0.308 e. The van der Waals surface area contributed by atoms with Gasteiger partial charge in [0.25, 0.3) is 5.91 Å². The van der Waals surface area contributed by atoms with Crippen molar-refractivity contribution < 1.29 is 14.4 Å². The van der Waals surface area contributed by atoms with Crippen LogP contribution >= 0.6 is 23.1 Å². The topological polar surface area (TPSA) is 73.8 Å². The molecule has 1 aromatic heterocycles. The monoisotopic (exact) mass is 468 g/mol. The molecule has 2 heterocycles. The Morgan fingerprint density at radius 1 is 1.06 bits per heavy atom. The number of fused-ring (bicyclic) bond motifs is 1. The summed E-state index contributed by atoms with van der Waals surface area (Å²) in [6.45, 7) is 1.18. The molecule has 3 aromatic rings. The number of amides is 3. The summed E-state index contributed by atoms with van der Waals surface area (Å²) in [7, 11) is 3.93. The van der Waals surface area contributed by atoms with E-state index in [0.29, 0.717) is 29.5 Å². The molecule has 0 spiro atoms. The number of thioether (sulfide) groups is 1. The molecular formula is C23H24N4O3S2. The Morgan fingerprint density at radius 3 is 2.38 bits per heavy atom. The lowest BCUT2D eigenvalue weighted by molar-refractivity contribution is -0.121. The van der Waals surface area contributed by atoms with Crippen molar-refractivity contribution in [3.05, 3.63) is 48.0 Å². The fourth-order valence-corrected chi connectivity index (χ4v) is 5.19. The number of aromatic nitrogens is 1. The molecule has 7 nitrogen and oxygen atoms in total. The summed E-state index contributed by atoms with van der Waals surface area (Å²) in [4.78, 5) is 48.3. The van der Waals surface area contributed by atoms with Gasteiger partial charge in [-0.05, 0) is 56.7 Å². The van der Waals surface area contributed by atoms with E-state index in [1.54, 1.807) is 40.9 Å². The zero-order valence-electron chi connectivity index (χ0n) is 18.2. The third kappa shape index (κ3) is 4.41. The first kappa shape index (κ1) is 22.4. The molecule has 166 valence electrons. The minimum atomic E-state index is -0.208. The zero-order valence-corrected chi connectivity index (χ0v) is 19.8. The van der Waals surface area contributed by atoms with Gasteiger partial charge in [0.1, 0.15) is 0 Å². The van der Waals surface area contributed by atoms with Crippen LogP contribution in [0.25, 0.3) is 10.2 Å². The fraction of sp³-hybridized carbons (Fsp3) is 0.304. The summed E-state index contributed by atoms with van der Waals surface area (Å²) >= 11 is 3.13. The number of likely N-dealkylation sites (N-methyl/N-ethyl adjacent to an activating group) is 1. The summed E-state index contributed by atoms with van der Waals surface area (Å²) < 4.78 is 1.04. The van der Waals surface area contributed by atoms with E-state index < -0.39 is 0 Å². The standard InChI is InChI=1S/C23H24N4O3S2/c1-25(2)13-14-26(23-24-21-17(31-3)5-4-6-18(21)32-23)22(30)15-7-9-16(10-8-15)27-19(28)11-12-20(27)29/h4-10H,11-14H2,1-3H3. The first-order chi connectivity index (χ1) is 15.4. The van der Waals surface area contributed by atoms with Crippen LogP contribution in [0.1, 0.15) is 23.2 Å². The minimum Gasteiger partial charge on any atom is -0.308 e. The van der Waals surface area contributed by atoms with Crippen molar-refractivity contribution in [1.29, 1.82) is 0 Å². The molecule has 9 heteroatoms. The smallest absolute Gasteiger partial charge is 0.260 e. The van der Waals surface area contributed by atoms with Crippen molar-refractivity contribution in [3.8, 4) is 0 Å². The number of imide groups is 1. The van der Waals surface area contributed by atoms with Crippen LogP contribution in [0.2, 0.25) is 0 Å². The van der Waals surface area contributed by atoms with Crippen molar-refractivity contribution in [2.75, 3.05) is 43.2 Å². The molecule has 0 unspecified atom stereocenters. The highest BCUT2D eigenvalue weighted by Crippen LogP contribution is 2.34. The van der Waals surface area contributed by atoms with E-state index in [1.165, 1.54) is 16.2 Å². The van der Waals surface area contributed by atoms with Crippen molar-refractivity contribution in [2.45, 2.75) is 17.7 Å². The van der Waals surface area contributed by atoms with E-state index in [2.05, 4.69) is 0 Å². The van der Waals surface area contributed by atoms with Crippen LogP contribution in [-0.2, 0) is 9.59 Å². The minimum absolute atomic E-state index is 0.165. The summed E-state index contributed by atoms with van der Waals surface area (Å²) in [5.41, 5.74) is 1.89. The number of benzene rings is 2. The highest BCUT2D eigenvalue weighted by atomic mass is 32.2. The van der Waals surface area contributed by atoms with Crippen LogP contribution in [0.15, 0.2) is 47.4 Å². The van der Waals surface area contributed by atoms with Crippen molar-refractivity contribution in [2.24, 2.45) is 0 Å². The van der Waals surface area contributed by atoms with Gasteiger partial charge in [-0.3, -0.25) is 24.2 Å². The SMILES string of the molecule is CSc1cccc2sc(N(CCN(C)C)C(=O)c3ccc(N4C(=O)CCC4=O)cc3)nc12. The fourth-order valence-electron chi connectivity index (χ4n) is 3.55. The lowest BCUT2D eigenvalue weighted by Crippen LogP contribution is -2.36. The first-order valence-electron chi connectivity index (χ1n) is 10.2. The predicted octanol–water partition coefficient (Wildman–Crippen LogP) is 3.88. The Labute approximate surface area is 195 Å². The maximum atomic E-state index is 13.5. The number of carbonyl (C=O) groups is 3. The second kappa shape index (κ2) is 9.40. The highest BCUT2D eigenvalue weighted by molar-refractivity contribution is 7.98. The lowest BCUT2D eigenvalue weighted by atomic mass is 10.1. The molecule has 1 fully saturated rings. The van der Waals surface area contributed by atoms with E-state index in [0.717, 1.165) is 15.1 Å². The molecule has 1 saturated heterocycles. The van der Waals surface area contributed by atoms with Crippen molar-refractivity contribution in [1.82, 2.24) is 9.88 Å². The summed E-state index contributed by atoms with van der Waals surface area (Å²) in [6.07, 6.45) is 2.47. The summed E-state index contributed by atoms with van der Waals surface area (Å²) in [5, 5.41) is 0.655. The molecule has 0 atom stereocenters. The molecule has 0 radical (unpaired) electrons. The Bertz CT molecular complexity index is 1160. The van der Waals surface area contributed by atoms with Crippen LogP contribution in [0.4, 0.5) is 10.8 Å². The number of anilines is 2. The lowest BCUT2D eigenvalue weighted by Gasteiger charge is -2.22. The molecule has 4 rings (SSSR count). The number of hydrogen-bond donors (Lipinski definition) is 0. The van der Waals surface area contributed by atoms with Gasteiger partial charge in [-0.2, -0.15) is 0 Å². The van der Waals surface area contributed by atoms with E-state index in [-0.39, 0.29) is 30.6 Å². The van der Waals surface area contributed by atoms with Crippen LogP contribution in [0.5, 0.6) is 0 Å². The molecule has 3 amide bonds. The Hall–Kier alpha value is -2.75. The quantitative estimate of drug-likeness (QED) is 0.387. The van der Waals surface area contributed by atoms with E-state index in [1.807, 2.05) is 43.5 Å². The maximum absolute atomic E-state index is 13.5. The molecular weight excluding hydrogens is 444 g/mol. The van der Waals surface area contributed by atoms with Gasteiger partial charge in [0.15, 0.2) is 5.13 Å². The molecule has 0 aliphatic carbocycles.